The molecule has 0 spiro atoms. The fraction of sp³-hybridized carbons (Fsp3) is 0.500. The highest BCUT2D eigenvalue weighted by Gasteiger charge is 2.40. The summed E-state index contributed by atoms with van der Waals surface area (Å²) >= 11 is 0. The molecular formula is C26H31F2NO5. The summed E-state index contributed by atoms with van der Waals surface area (Å²) in [5.41, 5.74) is 0.925. The van der Waals surface area contributed by atoms with Gasteiger partial charge < -0.3 is 24.6 Å². The molecule has 1 saturated heterocycles. The molecule has 2 fully saturated rings. The predicted molar refractivity (Wildman–Crippen MR) is 124 cm³/mol. The molecule has 2 aromatic rings. The Balaban J connectivity index is 1.70. The molecule has 1 saturated carbocycles. The van der Waals surface area contributed by atoms with E-state index in [4.69, 9.17) is 14.2 Å². The van der Waals surface area contributed by atoms with Crippen molar-refractivity contribution in [3.8, 4) is 16.9 Å². The highest BCUT2D eigenvalue weighted by molar-refractivity contribution is 5.83. The van der Waals surface area contributed by atoms with Gasteiger partial charge in [0.1, 0.15) is 5.54 Å². The van der Waals surface area contributed by atoms with Crippen LogP contribution in [-0.2, 0) is 20.9 Å². The van der Waals surface area contributed by atoms with E-state index in [-0.39, 0.29) is 24.9 Å². The number of nitrogens with one attached hydrogen (secondary N) is 1. The van der Waals surface area contributed by atoms with Crippen molar-refractivity contribution in [2.24, 2.45) is 0 Å². The van der Waals surface area contributed by atoms with Gasteiger partial charge in [-0.15, -0.1) is 0 Å². The molecule has 0 unspecified atom stereocenters. The quantitative estimate of drug-likeness (QED) is 0.496. The highest BCUT2D eigenvalue weighted by atomic mass is 19.1. The summed E-state index contributed by atoms with van der Waals surface area (Å²) in [5, 5.41) is 13.1. The van der Waals surface area contributed by atoms with E-state index >= 15 is 4.39 Å². The molecular weight excluding hydrogens is 444 g/mol. The van der Waals surface area contributed by atoms with Crippen molar-refractivity contribution in [2.75, 3.05) is 25.1 Å². The summed E-state index contributed by atoms with van der Waals surface area (Å²) in [4.78, 5) is 12.1. The van der Waals surface area contributed by atoms with Gasteiger partial charge in [0.05, 0.1) is 19.3 Å². The third-order valence-corrected chi connectivity index (χ3v) is 6.65. The summed E-state index contributed by atoms with van der Waals surface area (Å²) in [6.07, 6.45) is 5.01. The standard InChI is InChI=1S/C26H31F2NO5/c1-2-33-24-22(27)10-9-21(23(24)28)20-8-7-18(15-17(20)16-34-19-5-3-4-6-19)29-26(25(30)31)11-13-32-14-12-26/h7-10,15,19,29H,2-6,11-14,16H2,1H3,(H,30,31). The van der Waals surface area contributed by atoms with Gasteiger partial charge in [-0.3, -0.25) is 0 Å². The second-order valence-corrected chi connectivity index (χ2v) is 8.89. The average Bonchev–Trinajstić information content (AvgIpc) is 3.35. The van der Waals surface area contributed by atoms with Crippen LogP contribution in [0.3, 0.4) is 0 Å². The number of rotatable bonds is 9. The molecule has 8 heteroatoms. The van der Waals surface area contributed by atoms with Gasteiger partial charge in [0.15, 0.2) is 17.4 Å². The van der Waals surface area contributed by atoms with Crippen molar-refractivity contribution >= 4 is 11.7 Å². The first-order chi connectivity index (χ1) is 16.4. The lowest BCUT2D eigenvalue weighted by Gasteiger charge is -2.35. The van der Waals surface area contributed by atoms with Crippen LogP contribution in [0.25, 0.3) is 11.1 Å². The van der Waals surface area contributed by atoms with E-state index in [1.807, 2.05) is 0 Å². The lowest BCUT2D eigenvalue weighted by atomic mass is 9.89. The molecule has 1 heterocycles. The molecule has 0 amide bonds. The van der Waals surface area contributed by atoms with Gasteiger partial charge >= 0.3 is 5.97 Å². The Morgan fingerprint density at radius 1 is 1.15 bits per heavy atom. The average molecular weight is 476 g/mol. The van der Waals surface area contributed by atoms with Crippen LogP contribution in [0.4, 0.5) is 14.5 Å². The Kier molecular flexibility index (Phi) is 7.68. The predicted octanol–water partition coefficient (Wildman–Crippen LogP) is 5.54. The van der Waals surface area contributed by atoms with Gasteiger partial charge in [-0.1, -0.05) is 18.9 Å². The first-order valence-electron chi connectivity index (χ1n) is 11.9. The lowest BCUT2D eigenvalue weighted by Crippen LogP contribution is -2.50. The van der Waals surface area contributed by atoms with Crippen molar-refractivity contribution in [1.29, 1.82) is 0 Å². The Morgan fingerprint density at radius 3 is 2.53 bits per heavy atom. The summed E-state index contributed by atoms with van der Waals surface area (Å²) < 4.78 is 46.1. The fourth-order valence-electron chi connectivity index (χ4n) is 4.72. The largest absolute Gasteiger partial charge is 0.488 e. The number of halogens is 2. The van der Waals surface area contributed by atoms with Gasteiger partial charge in [0, 0.05) is 37.3 Å². The third kappa shape index (κ3) is 5.18. The van der Waals surface area contributed by atoms with Crippen molar-refractivity contribution < 1.29 is 32.9 Å². The molecule has 0 radical (unpaired) electrons. The molecule has 34 heavy (non-hydrogen) atoms. The second kappa shape index (κ2) is 10.7. The smallest absolute Gasteiger partial charge is 0.329 e. The maximum atomic E-state index is 15.3. The Morgan fingerprint density at radius 2 is 1.85 bits per heavy atom. The van der Waals surface area contributed by atoms with E-state index in [2.05, 4.69) is 5.32 Å². The molecule has 2 N–H and O–H groups in total. The van der Waals surface area contributed by atoms with Crippen LogP contribution in [0.15, 0.2) is 30.3 Å². The van der Waals surface area contributed by atoms with Crippen LogP contribution in [0.5, 0.6) is 5.75 Å². The first-order valence-corrected chi connectivity index (χ1v) is 11.9. The topological polar surface area (TPSA) is 77.0 Å². The molecule has 2 aliphatic rings. The fourth-order valence-corrected chi connectivity index (χ4v) is 4.72. The zero-order valence-electron chi connectivity index (χ0n) is 19.4. The number of aliphatic carboxylic acids is 1. The van der Waals surface area contributed by atoms with Crippen LogP contribution in [-0.4, -0.2) is 42.5 Å². The number of ether oxygens (including phenoxy) is 3. The van der Waals surface area contributed by atoms with E-state index in [1.54, 1.807) is 25.1 Å². The molecule has 1 aliphatic carbocycles. The molecule has 0 aromatic heterocycles. The number of hydrogen-bond donors (Lipinski definition) is 2. The van der Waals surface area contributed by atoms with Crippen LogP contribution < -0.4 is 10.1 Å². The normalized spacial score (nSPS) is 18.1. The van der Waals surface area contributed by atoms with Gasteiger partial charge in [-0.25, -0.2) is 13.6 Å². The number of hydrogen-bond acceptors (Lipinski definition) is 5. The lowest BCUT2D eigenvalue weighted by molar-refractivity contribution is -0.145. The number of anilines is 1. The Bertz CT molecular complexity index is 1020. The van der Waals surface area contributed by atoms with Gasteiger partial charge in [0.25, 0.3) is 0 Å². The number of carboxylic acids is 1. The Hall–Kier alpha value is -2.71. The molecule has 6 nitrogen and oxygen atoms in total. The van der Waals surface area contributed by atoms with E-state index in [0.717, 1.165) is 25.7 Å². The number of benzene rings is 2. The number of carbonyl (C=O) groups is 1. The molecule has 0 atom stereocenters. The third-order valence-electron chi connectivity index (χ3n) is 6.65. The highest BCUT2D eigenvalue weighted by Crippen LogP contribution is 2.36. The zero-order valence-corrected chi connectivity index (χ0v) is 19.4. The monoisotopic (exact) mass is 475 g/mol. The minimum Gasteiger partial charge on any atom is -0.488 e. The maximum absolute atomic E-state index is 15.3. The van der Waals surface area contributed by atoms with Crippen LogP contribution in [0.1, 0.15) is 51.0 Å². The molecule has 184 valence electrons. The van der Waals surface area contributed by atoms with Gasteiger partial charge in [0.2, 0.25) is 0 Å². The van der Waals surface area contributed by atoms with E-state index in [0.29, 0.717) is 42.9 Å². The van der Waals surface area contributed by atoms with Crippen LogP contribution in [0.2, 0.25) is 0 Å². The van der Waals surface area contributed by atoms with Crippen LogP contribution >= 0.6 is 0 Å². The van der Waals surface area contributed by atoms with Crippen LogP contribution in [0, 0.1) is 11.6 Å². The van der Waals surface area contributed by atoms with Crippen molar-refractivity contribution in [3.05, 3.63) is 47.5 Å². The number of carboxylic acid groups (broad SMARTS) is 1. The summed E-state index contributed by atoms with van der Waals surface area (Å²) in [5.74, 6) is -2.87. The minimum atomic E-state index is -1.13. The zero-order chi connectivity index (χ0) is 24.1. The second-order valence-electron chi connectivity index (χ2n) is 8.89. The van der Waals surface area contributed by atoms with E-state index in [1.165, 1.54) is 12.1 Å². The van der Waals surface area contributed by atoms with E-state index < -0.39 is 28.9 Å². The summed E-state index contributed by atoms with van der Waals surface area (Å²) in [7, 11) is 0. The first kappa shape index (κ1) is 24.4. The SMILES string of the molecule is CCOc1c(F)ccc(-c2ccc(NC3(C(=O)O)CCOCC3)cc2COC2CCCC2)c1F. The molecule has 4 rings (SSSR count). The molecule has 2 aromatic carbocycles. The van der Waals surface area contributed by atoms with Crippen molar-refractivity contribution in [2.45, 2.75) is 63.7 Å². The van der Waals surface area contributed by atoms with Crippen molar-refractivity contribution in [3.63, 3.8) is 0 Å². The van der Waals surface area contributed by atoms with Gasteiger partial charge in [-0.2, -0.15) is 0 Å². The summed E-state index contributed by atoms with van der Waals surface area (Å²) in [6.45, 7) is 2.76. The molecule has 1 aliphatic heterocycles. The Labute approximate surface area is 198 Å². The van der Waals surface area contributed by atoms with Gasteiger partial charge in [-0.05, 0) is 55.2 Å². The van der Waals surface area contributed by atoms with E-state index in [9.17, 15) is 14.3 Å². The molecule has 0 bridgehead atoms. The minimum absolute atomic E-state index is 0.138. The van der Waals surface area contributed by atoms with Crippen molar-refractivity contribution in [1.82, 2.24) is 0 Å². The summed E-state index contributed by atoms with van der Waals surface area (Å²) in [6, 6.07) is 7.83. The maximum Gasteiger partial charge on any atom is 0.329 e.